The van der Waals surface area contributed by atoms with Gasteiger partial charge in [0.25, 0.3) is 0 Å². The Kier molecular flexibility index (Phi) is 4.59. The average molecular weight is 273 g/mol. The van der Waals surface area contributed by atoms with Crippen molar-refractivity contribution in [3.05, 3.63) is 35.4 Å². The summed E-state index contributed by atoms with van der Waals surface area (Å²) in [5.74, 6) is 0.606. The minimum absolute atomic E-state index is 0.00706. The third-order valence-corrected chi connectivity index (χ3v) is 5.03. The molecular formula is C19H31N. The molecule has 1 atom stereocenters. The average Bonchev–Trinajstić information content (AvgIpc) is 2.49. The van der Waals surface area contributed by atoms with Gasteiger partial charge in [-0.25, -0.2) is 0 Å². The van der Waals surface area contributed by atoms with Crippen LogP contribution in [0.5, 0.6) is 0 Å². The van der Waals surface area contributed by atoms with Crippen LogP contribution >= 0.6 is 0 Å². The summed E-state index contributed by atoms with van der Waals surface area (Å²) in [6.45, 7) is 9.26. The molecule has 1 aliphatic rings. The van der Waals surface area contributed by atoms with Crippen LogP contribution in [0.4, 0.5) is 0 Å². The molecule has 0 heterocycles. The zero-order valence-electron chi connectivity index (χ0n) is 13.7. The largest absolute Gasteiger partial charge is 0.325 e. The van der Waals surface area contributed by atoms with Gasteiger partial charge in [-0.2, -0.15) is 0 Å². The van der Waals surface area contributed by atoms with E-state index in [1.165, 1.54) is 36.8 Å². The lowest BCUT2D eigenvalue weighted by atomic mass is 9.81. The second-order valence-electron chi connectivity index (χ2n) is 7.95. The molecule has 20 heavy (non-hydrogen) atoms. The lowest BCUT2D eigenvalue weighted by molar-refractivity contribution is 0.297. The Morgan fingerprint density at radius 3 is 2.25 bits per heavy atom. The molecule has 2 N–H and O–H groups in total. The Balaban J connectivity index is 2.04. The number of nitrogens with two attached hydrogens (primary N) is 1. The smallest absolute Gasteiger partial charge is 0.0195 e. The van der Waals surface area contributed by atoms with Gasteiger partial charge in [0.2, 0.25) is 0 Å². The summed E-state index contributed by atoms with van der Waals surface area (Å²) in [5.41, 5.74) is 10.0. The van der Waals surface area contributed by atoms with E-state index in [9.17, 15) is 0 Å². The van der Waals surface area contributed by atoms with Crippen LogP contribution < -0.4 is 5.73 Å². The molecule has 2 rings (SSSR count). The molecule has 0 amide bonds. The fourth-order valence-electron chi connectivity index (χ4n) is 3.36. The van der Waals surface area contributed by atoms with Gasteiger partial charge < -0.3 is 5.73 Å². The van der Waals surface area contributed by atoms with E-state index in [2.05, 4.69) is 52.0 Å². The summed E-state index contributed by atoms with van der Waals surface area (Å²) < 4.78 is 0. The fraction of sp³-hybridized carbons (Fsp3) is 0.684. The highest BCUT2D eigenvalue weighted by Gasteiger charge is 2.32. The van der Waals surface area contributed by atoms with Gasteiger partial charge in [-0.15, -0.1) is 0 Å². The number of benzene rings is 1. The van der Waals surface area contributed by atoms with Crippen LogP contribution in [0.25, 0.3) is 0 Å². The first-order valence-corrected chi connectivity index (χ1v) is 8.17. The highest BCUT2D eigenvalue weighted by Crippen LogP contribution is 2.38. The van der Waals surface area contributed by atoms with Crippen LogP contribution in [-0.4, -0.2) is 5.54 Å². The van der Waals surface area contributed by atoms with Gasteiger partial charge in [0, 0.05) is 5.54 Å². The first-order chi connectivity index (χ1) is 9.30. The van der Waals surface area contributed by atoms with Crippen molar-refractivity contribution < 1.29 is 0 Å². The molecule has 0 radical (unpaired) electrons. The van der Waals surface area contributed by atoms with Crippen LogP contribution in [0.15, 0.2) is 24.3 Å². The van der Waals surface area contributed by atoms with E-state index in [0.717, 1.165) is 12.8 Å². The molecule has 1 aromatic rings. The third-order valence-electron chi connectivity index (χ3n) is 5.03. The number of hydrogen-bond acceptors (Lipinski definition) is 1. The first-order valence-electron chi connectivity index (χ1n) is 8.17. The van der Waals surface area contributed by atoms with Gasteiger partial charge in [0.05, 0.1) is 0 Å². The lowest BCUT2D eigenvalue weighted by Crippen LogP contribution is -2.41. The SMILES string of the molecule is CC(C)c1ccc(CC2(N)CCCC(C)(C)CC2)cc1. The van der Waals surface area contributed by atoms with E-state index in [4.69, 9.17) is 5.73 Å². The summed E-state index contributed by atoms with van der Waals surface area (Å²) in [4.78, 5) is 0. The van der Waals surface area contributed by atoms with E-state index in [1.807, 2.05) is 0 Å². The van der Waals surface area contributed by atoms with Crippen LogP contribution in [0.1, 0.15) is 76.8 Å². The molecular weight excluding hydrogens is 242 g/mol. The van der Waals surface area contributed by atoms with Crippen molar-refractivity contribution in [1.82, 2.24) is 0 Å². The second kappa shape index (κ2) is 5.89. The number of hydrogen-bond donors (Lipinski definition) is 1. The Bertz CT molecular complexity index is 430. The molecule has 0 aromatic heterocycles. The summed E-state index contributed by atoms with van der Waals surface area (Å²) >= 11 is 0. The second-order valence-corrected chi connectivity index (χ2v) is 7.95. The summed E-state index contributed by atoms with van der Waals surface area (Å²) in [5, 5.41) is 0. The van der Waals surface area contributed by atoms with Crippen LogP contribution in [0, 0.1) is 5.41 Å². The maximum Gasteiger partial charge on any atom is 0.0195 e. The molecule has 1 nitrogen and oxygen atoms in total. The zero-order chi connectivity index (χ0) is 14.8. The first kappa shape index (κ1) is 15.6. The van der Waals surface area contributed by atoms with Gasteiger partial charge in [-0.3, -0.25) is 0 Å². The zero-order valence-corrected chi connectivity index (χ0v) is 13.7. The Morgan fingerprint density at radius 1 is 1.00 bits per heavy atom. The van der Waals surface area contributed by atoms with Crippen LogP contribution in [0.2, 0.25) is 0 Å². The third kappa shape index (κ3) is 4.09. The molecule has 0 saturated heterocycles. The summed E-state index contributed by atoms with van der Waals surface area (Å²) in [6.07, 6.45) is 7.20. The topological polar surface area (TPSA) is 26.0 Å². The van der Waals surface area contributed by atoms with Gasteiger partial charge in [0.15, 0.2) is 0 Å². The summed E-state index contributed by atoms with van der Waals surface area (Å²) in [7, 11) is 0. The lowest BCUT2D eigenvalue weighted by Gasteiger charge is -2.29. The predicted molar refractivity (Wildman–Crippen MR) is 88.0 cm³/mol. The molecule has 1 unspecified atom stereocenters. The Hall–Kier alpha value is -0.820. The van der Waals surface area contributed by atoms with Gasteiger partial charge in [-0.05, 0) is 54.6 Å². The highest BCUT2D eigenvalue weighted by atomic mass is 14.7. The van der Waals surface area contributed by atoms with E-state index in [0.29, 0.717) is 11.3 Å². The Labute approximate surface area is 125 Å². The van der Waals surface area contributed by atoms with Gasteiger partial charge >= 0.3 is 0 Å². The molecule has 1 aliphatic carbocycles. The van der Waals surface area contributed by atoms with Crippen molar-refractivity contribution in [1.29, 1.82) is 0 Å². The van der Waals surface area contributed by atoms with Crippen molar-refractivity contribution in [3.63, 3.8) is 0 Å². The van der Waals surface area contributed by atoms with Crippen molar-refractivity contribution in [2.24, 2.45) is 11.1 Å². The molecule has 0 spiro atoms. The van der Waals surface area contributed by atoms with Crippen molar-refractivity contribution >= 4 is 0 Å². The molecule has 0 aliphatic heterocycles. The minimum Gasteiger partial charge on any atom is -0.325 e. The highest BCUT2D eigenvalue weighted by molar-refractivity contribution is 5.26. The maximum atomic E-state index is 6.71. The minimum atomic E-state index is 0.00706. The fourth-order valence-corrected chi connectivity index (χ4v) is 3.36. The standard InChI is InChI=1S/C19H31N/c1-15(2)17-8-6-16(7-9-17)14-19(20)11-5-10-18(3,4)12-13-19/h6-9,15H,5,10-14,20H2,1-4H3. The molecule has 112 valence electrons. The molecule has 1 saturated carbocycles. The van der Waals surface area contributed by atoms with Crippen molar-refractivity contribution in [2.45, 2.75) is 77.7 Å². The molecule has 1 aromatic carbocycles. The molecule has 1 heteroatoms. The predicted octanol–water partition coefficient (Wildman–Crippen LogP) is 5.04. The molecule has 0 bridgehead atoms. The monoisotopic (exact) mass is 273 g/mol. The molecule has 1 fully saturated rings. The van der Waals surface area contributed by atoms with Crippen molar-refractivity contribution in [3.8, 4) is 0 Å². The van der Waals surface area contributed by atoms with Crippen molar-refractivity contribution in [2.75, 3.05) is 0 Å². The van der Waals surface area contributed by atoms with Gasteiger partial charge in [0.1, 0.15) is 0 Å². The van der Waals surface area contributed by atoms with E-state index >= 15 is 0 Å². The number of rotatable bonds is 3. The van der Waals surface area contributed by atoms with E-state index in [1.54, 1.807) is 0 Å². The van der Waals surface area contributed by atoms with Gasteiger partial charge in [-0.1, -0.05) is 58.4 Å². The quantitative estimate of drug-likeness (QED) is 0.767. The van der Waals surface area contributed by atoms with Crippen LogP contribution in [-0.2, 0) is 6.42 Å². The van der Waals surface area contributed by atoms with E-state index < -0.39 is 0 Å². The maximum absolute atomic E-state index is 6.71. The normalized spacial score (nSPS) is 26.5. The van der Waals surface area contributed by atoms with Crippen LogP contribution in [0.3, 0.4) is 0 Å². The van der Waals surface area contributed by atoms with E-state index in [-0.39, 0.29) is 5.54 Å². The summed E-state index contributed by atoms with van der Waals surface area (Å²) in [6, 6.07) is 9.09. The Morgan fingerprint density at radius 2 is 1.65 bits per heavy atom.